The van der Waals surface area contributed by atoms with Crippen molar-refractivity contribution in [3.8, 4) is 0 Å². The van der Waals surface area contributed by atoms with E-state index in [1.807, 2.05) is 0 Å². The highest BCUT2D eigenvalue weighted by molar-refractivity contribution is 6.21. The molecule has 0 radical (unpaired) electrons. The van der Waals surface area contributed by atoms with Crippen LogP contribution in [0.3, 0.4) is 0 Å². The highest BCUT2D eigenvalue weighted by Gasteiger charge is 2.38. The van der Waals surface area contributed by atoms with Gasteiger partial charge in [-0.15, -0.1) is 0 Å². The van der Waals surface area contributed by atoms with Gasteiger partial charge in [-0.05, 0) is 86.4 Å². The van der Waals surface area contributed by atoms with Gasteiger partial charge in [-0.2, -0.15) is 0 Å². The van der Waals surface area contributed by atoms with Crippen LogP contribution in [0, 0.1) is 0 Å². The van der Waals surface area contributed by atoms with Crippen LogP contribution in [0.4, 0.5) is 9.59 Å². The summed E-state index contributed by atoms with van der Waals surface area (Å²) in [6, 6.07) is 4.13. The van der Waals surface area contributed by atoms with Gasteiger partial charge in [0.15, 0.2) is 0 Å². The van der Waals surface area contributed by atoms with E-state index in [1.54, 1.807) is 80.5 Å². The third kappa shape index (κ3) is 5.87. The number of ether oxygens (including phenoxy) is 2. The summed E-state index contributed by atoms with van der Waals surface area (Å²) in [6.07, 6.45) is -1.36. The lowest BCUT2D eigenvalue weighted by Crippen LogP contribution is -2.48. The molecule has 0 spiro atoms. The van der Waals surface area contributed by atoms with Gasteiger partial charge in [-0.1, -0.05) is 6.07 Å². The van der Waals surface area contributed by atoms with E-state index in [-0.39, 0.29) is 24.3 Å². The number of amides is 4. The maximum Gasteiger partial charge on any atom is 0.420 e. The van der Waals surface area contributed by atoms with E-state index in [2.05, 4.69) is 0 Å². The first-order valence-corrected chi connectivity index (χ1v) is 10.8. The van der Waals surface area contributed by atoms with Crippen molar-refractivity contribution in [2.75, 3.05) is 0 Å². The summed E-state index contributed by atoms with van der Waals surface area (Å²) >= 11 is 0. The Balaban J connectivity index is 2.31. The molecule has 1 aromatic carbocycles. The number of carbonyl (C=O) groups is 4. The van der Waals surface area contributed by atoms with Crippen LogP contribution < -0.4 is 0 Å². The zero-order chi connectivity index (χ0) is 24.6. The van der Waals surface area contributed by atoms with Gasteiger partial charge in [-0.25, -0.2) is 14.5 Å². The molecule has 176 valence electrons. The predicted molar refractivity (Wildman–Crippen MR) is 120 cm³/mol. The van der Waals surface area contributed by atoms with Crippen molar-refractivity contribution in [2.24, 2.45) is 0 Å². The fraction of sp³-hybridized carbons (Fsp3) is 0.583. The zero-order valence-corrected chi connectivity index (χ0v) is 20.4. The molecule has 8 nitrogen and oxygen atoms in total. The smallest absolute Gasteiger partial charge is 0.420 e. The second-order valence-electron chi connectivity index (χ2n) is 10.3. The number of hydrogen-bond donors (Lipinski definition) is 0. The second kappa shape index (κ2) is 8.92. The average molecular weight is 447 g/mol. The molecule has 1 unspecified atom stereocenters. The fourth-order valence-electron chi connectivity index (χ4n) is 3.39. The normalized spacial score (nSPS) is 15.0. The molecule has 1 atom stereocenters. The molecular formula is C24H34N2O6. The molecule has 0 bridgehead atoms. The van der Waals surface area contributed by atoms with Gasteiger partial charge in [0.1, 0.15) is 11.2 Å². The highest BCUT2D eigenvalue weighted by atomic mass is 16.6. The average Bonchev–Trinajstić information content (AvgIpc) is 2.82. The van der Waals surface area contributed by atoms with Crippen molar-refractivity contribution in [1.82, 2.24) is 9.80 Å². The summed E-state index contributed by atoms with van der Waals surface area (Å²) in [5.74, 6) is -0.658. The minimum absolute atomic E-state index is 0.250. The minimum atomic E-state index is -0.808. The number of rotatable bonds is 4. The Kier molecular flexibility index (Phi) is 7.07. The monoisotopic (exact) mass is 446 g/mol. The summed E-state index contributed by atoms with van der Waals surface area (Å²) in [7, 11) is 0. The standard InChI is InChI=1S/C24H34N2O6/c1-14(2)25-19(27)17-11-10-16(13-18(17)20(25)28)12-15(3)26(21(29)31-23(4,5)6)22(30)32-24(7,8)9/h10-11,13-15H,12H2,1-9H3. The number of nitrogens with zero attached hydrogens (tertiary/aromatic N) is 2. The van der Waals surface area contributed by atoms with E-state index in [4.69, 9.17) is 9.47 Å². The summed E-state index contributed by atoms with van der Waals surface area (Å²) in [5, 5.41) is 0. The maximum atomic E-state index is 12.8. The Morgan fingerprint density at radius 2 is 1.34 bits per heavy atom. The first kappa shape index (κ1) is 25.4. The molecule has 32 heavy (non-hydrogen) atoms. The fourth-order valence-corrected chi connectivity index (χ4v) is 3.39. The molecule has 1 heterocycles. The number of fused-ring (bicyclic) bond motifs is 1. The third-order valence-electron chi connectivity index (χ3n) is 4.65. The lowest BCUT2D eigenvalue weighted by atomic mass is 10.0. The van der Waals surface area contributed by atoms with Crippen LogP contribution in [-0.2, 0) is 15.9 Å². The van der Waals surface area contributed by atoms with E-state index >= 15 is 0 Å². The maximum absolute atomic E-state index is 12.8. The molecule has 1 aliphatic rings. The summed E-state index contributed by atoms with van der Waals surface area (Å²) in [6.45, 7) is 15.6. The van der Waals surface area contributed by atoms with Crippen LogP contribution in [-0.4, -0.2) is 57.1 Å². The Morgan fingerprint density at radius 3 is 1.78 bits per heavy atom. The summed E-state index contributed by atoms with van der Waals surface area (Å²) < 4.78 is 10.8. The molecule has 2 rings (SSSR count). The largest absolute Gasteiger partial charge is 0.443 e. The van der Waals surface area contributed by atoms with Crippen molar-refractivity contribution < 1.29 is 28.7 Å². The zero-order valence-electron chi connectivity index (χ0n) is 20.4. The molecule has 0 aromatic heterocycles. The van der Waals surface area contributed by atoms with Crippen LogP contribution >= 0.6 is 0 Å². The van der Waals surface area contributed by atoms with E-state index in [9.17, 15) is 19.2 Å². The van der Waals surface area contributed by atoms with Crippen molar-refractivity contribution in [2.45, 2.75) is 92.0 Å². The quantitative estimate of drug-likeness (QED) is 0.617. The van der Waals surface area contributed by atoms with Crippen LogP contribution in [0.15, 0.2) is 18.2 Å². The van der Waals surface area contributed by atoms with Gasteiger partial charge < -0.3 is 9.47 Å². The predicted octanol–water partition coefficient (Wildman–Crippen LogP) is 4.79. The van der Waals surface area contributed by atoms with Gasteiger partial charge in [-0.3, -0.25) is 14.5 Å². The molecular weight excluding hydrogens is 412 g/mol. The summed E-state index contributed by atoms with van der Waals surface area (Å²) in [5.41, 5.74) is -0.194. The van der Waals surface area contributed by atoms with Gasteiger partial charge >= 0.3 is 12.2 Å². The van der Waals surface area contributed by atoms with E-state index in [1.165, 1.54) is 4.90 Å². The molecule has 0 saturated carbocycles. The molecule has 0 aliphatic carbocycles. The van der Waals surface area contributed by atoms with Gasteiger partial charge in [0.2, 0.25) is 0 Å². The number of hydrogen-bond acceptors (Lipinski definition) is 6. The lowest BCUT2D eigenvalue weighted by molar-refractivity contribution is -0.00578. The molecule has 0 saturated heterocycles. The number of imide groups is 2. The highest BCUT2D eigenvalue weighted by Crippen LogP contribution is 2.27. The van der Waals surface area contributed by atoms with Gasteiger partial charge in [0, 0.05) is 12.1 Å². The topological polar surface area (TPSA) is 93.2 Å². The van der Waals surface area contributed by atoms with Crippen molar-refractivity contribution in [3.05, 3.63) is 34.9 Å². The minimum Gasteiger partial charge on any atom is -0.443 e. The molecule has 4 amide bonds. The van der Waals surface area contributed by atoms with Crippen molar-refractivity contribution in [3.63, 3.8) is 0 Å². The Bertz CT molecular complexity index is 895. The lowest BCUT2D eigenvalue weighted by Gasteiger charge is -2.32. The first-order valence-electron chi connectivity index (χ1n) is 10.8. The second-order valence-corrected chi connectivity index (χ2v) is 10.3. The van der Waals surface area contributed by atoms with Gasteiger partial charge in [0.25, 0.3) is 11.8 Å². The SMILES string of the molecule is CC(C)N1C(=O)c2ccc(CC(C)N(C(=O)OC(C)(C)C)C(=O)OC(C)(C)C)cc2C1=O. The van der Waals surface area contributed by atoms with Crippen LogP contribution in [0.5, 0.6) is 0 Å². The van der Waals surface area contributed by atoms with E-state index in [0.717, 1.165) is 4.90 Å². The van der Waals surface area contributed by atoms with Crippen molar-refractivity contribution >= 4 is 24.0 Å². The number of benzene rings is 1. The van der Waals surface area contributed by atoms with Crippen molar-refractivity contribution in [1.29, 1.82) is 0 Å². The Morgan fingerprint density at radius 1 is 0.875 bits per heavy atom. The van der Waals surface area contributed by atoms with E-state index in [0.29, 0.717) is 16.7 Å². The van der Waals surface area contributed by atoms with Crippen LogP contribution in [0.2, 0.25) is 0 Å². The Labute approximate surface area is 189 Å². The van der Waals surface area contributed by atoms with Crippen LogP contribution in [0.25, 0.3) is 0 Å². The molecule has 0 N–H and O–H groups in total. The molecule has 0 fully saturated rings. The van der Waals surface area contributed by atoms with Crippen LogP contribution in [0.1, 0.15) is 88.6 Å². The molecule has 1 aromatic rings. The van der Waals surface area contributed by atoms with E-state index < -0.39 is 29.4 Å². The molecule has 8 heteroatoms. The number of carbonyl (C=O) groups excluding carboxylic acids is 4. The molecule has 1 aliphatic heterocycles. The van der Waals surface area contributed by atoms with Gasteiger partial charge in [0.05, 0.1) is 11.1 Å². The third-order valence-corrected chi connectivity index (χ3v) is 4.65. The first-order chi connectivity index (χ1) is 14.5. The summed E-state index contributed by atoms with van der Waals surface area (Å²) in [4.78, 5) is 53.0. The Hall–Kier alpha value is -2.90.